The van der Waals surface area contributed by atoms with Crippen LogP contribution in [0.4, 0.5) is 0 Å². The first-order chi connectivity index (χ1) is 12.0. The third kappa shape index (κ3) is 5.74. The van der Waals surface area contributed by atoms with Crippen LogP contribution in [0.2, 0.25) is 0 Å². The molecule has 1 aromatic rings. The van der Waals surface area contributed by atoms with Crippen LogP contribution in [0.1, 0.15) is 49.5 Å². The number of carbonyl (C=O) groups is 1. The van der Waals surface area contributed by atoms with E-state index in [1.807, 2.05) is 45.0 Å². The first-order valence-corrected chi connectivity index (χ1v) is 9.14. The average Bonchev–Trinajstić information content (AvgIpc) is 3.05. The Hall–Kier alpha value is -2.08. The molecule has 1 amide bonds. The summed E-state index contributed by atoms with van der Waals surface area (Å²) in [6.07, 6.45) is 1.42. The monoisotopic (exact) mass is 346 g/mol. The van der Waals surface area contributed by atoms with Gasteiger partial charge < -0.3 is 20.6 Å². The van der Waals surface area contributed by atoms with Gasteiger partial charge in [0.25, 0.3) is 5.91 Å². The molecule has 0 saturated carbocycles. The minimum atomic E-state index is -0.271. The molecule has 0 aliphatic carbocycles. The van der Waals surface area contributed by atoms with E-state index in [1.165, 1.54) is 0 Å². The third-order valence-electron chi connectivity index (χ3n) is 4.42. The molecule has 3 N–H and O–H groups in total. The highest BCUT2D eigenvalue weighted by Crippen LogP contribution is 2.11. The van der Waals surface area contributed by atoms with Crippen LogP contribution in [0.5, 0.6) is 0 Å². The fourth-order valence-electron chi connectivity index (χ4n) is 2.70. The quantitative estimate of drug-likeness (QED) is 0.542. The van der Waals surface area contributed by atoms with Gasteiger partial charge >= 0.3 is 0 Å². The fraction of sp³-hybridized carbons (Fsp3) is 0.579. The van der Waals surface area contributed by atoms with E-state index in [-0.39, 0.29) is 18.1 Å². The van der Waals surface area contributed by atoms with Gasteiger partial charge in [-0.05, 0) is 44.4 Å². The topological polar surface area (TPSA) is 77.0 Å². The van der Waals surface area contributed by atoms with Gasteiger partial charge in [-0.2, -0.15) is 0 Å². The lowest BCUT2D eigenvalue weighted by molar-refractivity contribution is 0.0939. The Morgan fingerprint density at radius 2 is 2.08 bits per heavy atom. The number of likely N-dealkylation sites (tertiary alicyclic amines) is 1. The van der Waals surface area contributed by atoms with E-state index in [0.717, 1.165) is 37.5 Å². The zero-order valence-electron chi connectivity index (χ0n) is 15.5. The van der Waals surface area contributed by atoms with Gasteiger partial charge in [0.2, 0.25) is 0 Å². The number of guanidine groups is 1. The van der Waals surface area contributed by atoms with Gasteiger partial charge in [0.05, 0.1) is 12.6 Å². The van der Waals surface area contributed by atoms with Crippen molar-refractivity contribution >= 4 is 11.9 Å². The number of nitrogens with zero attached hydrogens (tertiary/aromatic N) is 2. The molecule has 1 fully saturated rings. The summed E-state index contributed by atoms with van der Waals surface area (Å²) in [5.41, 5.74) is 1.72. The molecule has 6 heteroatoms. The summed E-state index contributed by atoms with van der Waals surface area (Å²) in [6, 6.07) is 7.74. The predicted octanol–water partition coefficient (Wildman–Crippen LogP) is 1.75. The number of benzene rings is 1. The number of rotatable bonds is 6. The molecule has 25 heavy (non-hydrogen) atoms. The maximum absolute atomic E-state index is 12.1. The molecule has 0 radical (unpaired) electrons. The molecule has 2 atom stereocenters. The van der Waals surface area contributed by atoms with Gasteiger partial charge in [-0.3, -0.25) is 4.79 Å². The minimum Gasteiger partial charge on any atom is -0.391 e. The maximum Gasteiger partial charge on any atom is 0.251 e. The van der Waals surface area contributed by atoms with Crippen LogP contribution in [-0.4, -0.2) is 53.7 Å². The number of amides is 1. The molecule has 1 aromatic carbocycles. The van der Waals surface area contributed by atoms with E-state index in [4.69, 9.17) is 0 Å². The first-order valence-electron chi connectivity index (χ1n) is 9.14. The second kappa shape index (κ2) is 9.42. The van der Waals surface area contributed by atoms with Gasteiger partial charge in [-0.15, -0.1) is 0 Å². The van der Waals surface area contributed by atoms with Crippen molar-refractivity contribution < 1.29 is 9.90 Å². The van der Waals surface area contributed by atoms with E-state index in [1.54, 1.807) is 0 Å². The van der Waals surface area contributed by atoms with Crippen LogP contribution in [0.15, 0.2) is 29.3 Å². The lowest BCUT2D eigenvalue weighted by atomic mass is 10.1. The molecule has 0 spiro atoms. The van der Waals surface area contributed by atoms with Gasteiger partial charge in [0.15, 0.2) is 5.96 Å². The molecule has 1 saturated heterocycles. The second-order valence-electron chi connectivity index (χ2n) is 6.54. The SMILES string of the molecule is CCNC(=NCc1ccc(C(=O)NC(C)CC)cc1)N1CC[C@@H](O)C1. The number of hydrogen-bond donors (Lipinski definition) is 3. The number of aliphatic hydroxyl groups excluding tert-OH is 1. The number of aliphatic imine (C=N–C) groups is 1. The zero-order chi connectivity index (χ0) is 18.2. The highest BCUT2D eigenvalue weighted by Gasteiger charge is 2.22. The summed E-state index contributed by atoms with van der Waals surface area (Å²) in [5, 5.41) is 15.9. The summed E-state index contributed by atoms with van der Waals surface area (Å²) in [4.78, 5) is 18.8. The maximum atomic E-state index is 12.1. The van der Waals surface area contributed by atoms with E-state index in [9.17, 15) is 9.90 Å². The van der Waals surface area contributed by atoms with Crippen LogP contribution in [-0.2, 0) is 6.54 Å². The van der Waals surface area contributed by atoms with Crippen molar-refractivity contribution in [3.63, 3.8) is 0 Å². The third-order valence-corrected chi connectivity index (χ3v) is 4.42. The summed E-state index contributed by atoms with van der Waals surface area (Å²) in [5.74, 6) is 0.793. The van der Waals surface area contributed by atoms with Crippen molar-refractivity contribution in [2.24, 2.45) is 4.99 Å². The largest absolute Gasteiger partial charge is 0.391 e. The highest BCUT2D eigenvalue weighted by atomic mass is 16.3. The Bertz CT molecular complexity index is 586. The lowest BCUT2D eigenvalue weighted by Gasteiger charge is -2.20. The van der Waals surface area contributed by atoms with Crippen molar-refractivity contribution in [3.05, 3.63) is 35.4 Å². The Labute approximate surface area is 150 Å². The van der Waals surface area contributed by atoms with Crippen LogP contribution in [0, 0.1) is 0 Å². The number of nitrogens with one attached hydrogen (secondary N) is 2. The lowest BCUT2D eigenvalue weighted by Crippen LogP contribution is -2.40. The van der Waals surface area contributed by atoms with E-state index in [2.05, 4.69) is 20.5 Å². The number of hydrogen-bond acceptors (Lipinski definition) is 3. The summed E-state index contributed by atoms with van der Waals surface area (Å²) in [6.45, 7) is 8.86. The molecule has 0 bridgehead atoms. The van der Waals surface area contributed by atoms with Crippen molar-refractivity contribution in [1.29, 1.82) is 0 Å². The van der Waals surface area contributed by atoms with E-state index < -0.39 is 0 Å². The van der Waals surface area contributed by atoms with E-state index in [0.29, 0.717) is 18.7 Å². The molecule has 0 aromatic heterocycles. The summed E-state index contributed by atoms with van der Waals surface area (Å²) >= 11 is 0. The molecule has 1 aliphatic heterocycles. The Morgan fingerprint density at radius 1 is 1.36 bits per heavy atom. The average molecular weight is 346 g/mol. The molecular formula is C19H30N4O2. The van der Waals surface area contributed by atoms with Gasteiger partial charge in [0.1, 0.15) is 0 Å². The Kier molecular flexibility index (Phi) is 7.25. The Balaban J connectivity index is 1.98. The second-order valence-corrected chi connectivity index (χ2v) is 6.54. The first kappa shape index (κ1) is 19.2. The van der Waals surface area contributed by atoms with Crippen molar-refractivity contribution in [2.75, 3.05) is 19.6 Å². The van der Waals surface area contributed by atoms with Gasteiger partial charge in [-0.1, -0.05) is 19.1 Å². The van der Waals surface area contributed by atoms with Crippen LogP contribution in [0.3, 0.4) is 0 Å². The van der Waals surface area contributed by atoms with E-state index >= 15 is 0 Å². The summed E-state index contributed by atoms with van der Waals surface area (Å²) < 4.78 is 0. The molecule has 6 nitrogen and oxygen atoms in total. The number of β-amino-alcohol motifs (C(OH)–C–C–N with tert-alkyl or cyclic N) is 1. The van der Waals surface area contributed by atoms with Gasteiger partial charge in [0, 0.05) is 31.2 Å². The van der Waals surface area contributed by atoms with Crippen molar-refractivity contribution in [2.45, 2.75) is 52.3 Å². The highest BCUT2D eigenvalue weighted by molar-refractivity contribution is 5.94. The smallest absolute Gasteiger partial charge is 0.251 e. The minimum absolute atomic E-state index is 0.0382. The molecule has 1 heterocycles. The fourth-order valence-corrected chi connectivity index (χ4v) is 2.70. The summed E-state index contributed by atoms with van der Waals surface area (Å²) in [7, 11) is 0. The standard InChI is InChI=1S/C19H30N4O2/c1-4-14(3)22-18(25)16-8-6-15(7-9-16)12-21-19(20-5-2)23-11-10-17(24)13-23/h6-9,14,17,24H,4-5,10-13H2,1-3H3,(H,20,21)(H,22,25)/t14?,17-/m1/s1. The zero-order valence-corrected chi connectivity index (χ0v) is 15.5. The predicted molar refractivity (Wildman–Crippen MR) is 101 cm³/mol. The number of carbonyl (C=O) groups excluding carboxylic acids is 1. The van der Waals surface area contributed by atoms with Crippen molar-refractivity contribution in [3.8, 4) is 0 Å². The Morgan fingerprint density at radius 3 is 2.64 bits per heavy atom. The van der Waals surface area contributed by atoms with Crippen LogP contribution in [0.25, 0.3) is 0 Å². The normalized spacial score (nSPS) is 19.0. The number of aliphatic hydroxyl groups is 1. The van der Waals surface area contributed by atoms with Crippen LogP contribution >= 0.6 is 0 Å². The van der Waals surface area contributed by atoms with Crippen molar-refractivity contribution in [1.82, 2.24) is 15.5 Å². The van der Waals surface area contributed by atoms with Crippen LogP contribution < -0.4 is 10.6 Å². The van der Waals surface area contributed by atoms with Gasteiger partial charge in [-0.25, -0.2) is 4.99 Å². The molecule has 2 rings (SSSR count). The molecule has 1 unspecified atom stereocenters. The molecule has 1 aliphatic rings. The molecule has 138 valence electrons. The molecular weight excluding hydrogens is 316 g/mol.